The molecule has 3 rings (SSSR count). The van der Waals surface area contributed by atoms with E-state index in [9.17, 15) is 9.90 Å². The normalized spacial score (nSPS) is 13.3. The van der Waals surface area contributed by atoms with Crippen LogP contribution in [0.25, 0.3) is 10.8 Å². The zero-order valence-corrected chi connectivity index (χ0v) is 19.0. The molecule has 7 nitrogen and oxygen atoms in total. The number of hydrogen-bond acceptors (Lipinski definition) is 7. The van der Waals surface area contributed by atoms with E-state index in [0.29, 0.717) is 37.5 Å². The van der Waals surface area contributed by atoms with Gasteiger partial charge in [-0.3, -0.25) is 4.79 Å². The summed E-state index contributed by atoms with van der Waals surface area (Å²) in [7, 11) is 0. The van der Waals surface area contributed by atoms with Gasteiger partial charge in [-0.25, -0.2) is 4.98 Å². The molecule has 0 amide bonds. The van der Waals surface area contributed by atoms with Crippen molar-refractivity contribution in [3.8, 4) is 16.5 Å². The van der Waals surface area contributed by atoms with Gasteiger partial charge in [-0.15, -0.1) is 16.5 Å². The van der Waals surface area contributed by atoms with Crippen LogP contribution >= 0.6 is 11.3 Å². The van der Waals surface area contributed by atoms with Gasteiger partial charge in [0.25, 0.3) is 0 Å². The number of aryl methyl sites for hydroxylation is 1. The van der Waals surface area contributed by atoms with E-state index in [0.717, 1.165) is 28.3 Å². The molecule has 3 aromatic rings. The summed E-state index contributed by atoms with van der Waals surface area (Å²) in [5.74, 6) is 0.280. The third-order valence-electron chi connectivity index (χ3n) is 5.33. The molecular weight excluding hydrogens is 428 g/mol. The average molecular weight is 457 g/mol. The lowest BCUT2D eigenvalue weighted by molar-refractivity contribution is -0.142. The van der Waals surface area contributed by atoms with Crippen LogP contribution in [-0.2, 0) is 17.6 Å². The number of ether oxygens (including phenoxy) is 1. The topological polar surface area (TPSA) is 105 Å². The Morgan fingerprint density at radius 2 is 2.09 bits per heavy atom. The van der Waals surface area contributed by atoms with Crippen LogP contribution in [0, 0.1) is 18.8 Å². The summed E-state index contributed by atoms with van der Waals surface area (Å²) in [6.45, 7) is 4.34. The molecule has 0 aliphatic carbocycles. The Morgan fingerprint density at radius 3 is 2.72 bits per heavy atom. The number of aromatic nitrogens is 1. The molecule has 1 aromatic carbocycles. The molecule has 0 saturated heterocycles. The number of aliphatic carboxylic acids is 1. The maximum atomic E-state index is 11.8. The molecule has 2 aromatic heterocycles. The Hall–Kier alpha value is -3.13. The van der Waals surface area contributed by atoms with Crippen LogP contribution in [0.5, 0.6) is 5.75 Å². The van der Waals surface area contributed by atoms with E-state index in [2.05, 4.69) is 10.1 Å². The minimum atomic E-state index is -0.895. The quantitative estimate of drug-likeness (QED) is 0.213. The van der Waals surface area contributed by atoms with Gasteiger partial charge in [-0.2, -0.15) is 0 Å². The van der Waals surface area contributed by atoms with Gasteiger partial charge in [0.05, 0.1) is 23.1 Å². The Bertz CT molecular complexity index is 1010. The first kappa shape index (κ1) is 23.5. The third kappa shape index (κ3) is 6.20. The molecule has 170 valence electrons. The van der Waals surface area contributed by atoms with Crippen LogP contribution in [0.1, 0.15) is 36.8 Å². The summed E-state index contributed by atoms with van der Waals surface area (Å²) in [4.78, 5) is 17.3. The predicted octanol–water partition coefficient (Wildman–Crippen LogP) is 5.45. The molecule has 0 bridgehead atoms. The average Bonchev–Trinajstić information content (AvgIpc) is 3.43. The second-order valence-corrected chi connectivity index (χ2v) is 8.56. The zero-order valence-electron chi connectivity index (χ0n) is 18.2. The fraction of sp³-hybridized carbons (Fsp3) is 0.375. The highest BCUT2D eigenvalue weighted by atomic mass is 32.1. The van der Waals surface area contributed by atoms with Crippen molar-refractivity contribution >= 4 is 23.5 Å². The van der Waals surface area contributed by atoms with E-state index >= 15 is 0 Å². The molecule has 0 radical (unpaired) electrons. The summed E-state index contributed by atoms with van der Waals surface area (Å²) in [5.41, 5.74) is 1.77. The van der Waals surface area contributed by atoms with E-state index < -0.39 is 11.9 Å². The van der Waals surface area contributed by atoms with Crippen LogP contribution in [0.4, 0.5) is 0 Å². The number of carbonyl (C=O) groups is 1. The first-order valence-corrected chi connectivity index (χ1v) is 11.5. The lowest BCUT2D eigenvalue weighted by Crippen LogP contribution is -2.27. The number of nitrogens with zero attached hydrogens (tertiary/aromatic N) is 2. The molecule has 0 fully saturated rings. The van der Waals surface area contributed by atoms with E-state index in [1.54, 1.807) is 11.3 Å². The summed E-state index contributed by atoms with van der Waals surface area (Å²) in [6.07, 6.45) is 3.78. The number of oxazole rings is 1. The smallest absolute Gasteiger partial charge is 0.307 e. The highest BCUT2D eigenvalue weighted by Crippen LogP contribution is 2.26. The van der Waals surface area contributed by atoms with Crippen molar-refractivity contribution in [3.63, 3.8) is 0 Å². The second-order valence-electron chi connectivity index (χ2n) is 7.61. The summed E-state index contributed by atoms with van der Waals surface area (Å²) >= 11 is 1.59. The summed E-state index contributed by atoms with van der Waals surface area (Å²) in [6, 6.07) is 11.4. The molecular formula is C24H28N2O5S. The van der Waals surface area contributed by atoms with Crippen molar-refractivity contribution in [1.29, 1.82) is 0 Å². The molecule has 0 aliphatic rings. The SMILES string of the molecule is CCCC(C=NO)C(Cc1ccc(OCCc2nc(-c3cccs3)oc2C)cc1)C(=O)O. The van der Waals surface area contributed by atoms with Crippen LogP contribution in [0.2, 0.25) is 0 Å². The molecule has 2 unspecified atom stereocenters. The lowest BCUT2D eigenvalue weighted by atomic mass is 9.85. The van der Waals surface area contributed by atoms with Crippen LogP contribution in [0.3, 0.4) is 0 Å². The molecule has 32 heavy (non-hydrogen) atoms. The summed E-state index contributed by atoms with van der Waals surface area (Å²) in [5, 5.41) is 23.6. The highest BCUT2D eigenvalue weighted by Gasteiger charge is 2.27. The highest BCUT2D eigenvalue weighted by molar-refractivity contribution is 7.13. The summed E-state index contributed by atoms with van der Waals surface area (Å²) < 4.78 is 11.6. The van der Waals surface area contributed by atoms with Gasteiger partial charge >= 0.3 is 5.97 Å². The first-order chi connectivity index (χ1) is 15.5. The molecule has 0 spiro atoms. The number of carboxylic acid groups (broad SMARTS) is 1. The predicted molar refractivity (Wildman–Crippen MR) is 124 cm³/mol. The van der Waals surface area contributed by atoms with Crippen molar-refractivity contribution in [1.82, 2.24) is 4.98 Å². The number of oxime groups is 1. The number of benzene rings is 1. The van der Waals surface area contributed by atoms with Gasteiger partial charge in [0.1, 0.15) is 11.5 Å². The van der Waals surface area contributed by atoms with Gasteiger partial charge in [0, 0.05) is 18.6 Å². The number of thiophene rings is 1. The number of hydrogen-bond donors (Lipinski definition) is 2. The van der Waals surface area contributed by atoms with Crippen molar-refractivity contribution in [3.05, 3.63) is 58.8 Å². The monoisotopic (exact) mass is 456 g/mol. The van der Waals surface area contributed by atoms with Gasteiger partial charge in [0.2, 0.25) is 5.89 Å². The van der Waals surface area contributed by atoms with Gasteiger partial charge in [-0.1, -0.05) is 31.5 Å². The Labute approximate surface area is 191 Å². The van der Waals surface area contributed by atoms with Gasteiger partial charge < -0.3 is 19.5 Å². The first-order valence-electron chi connectivity index (χ1n) is 10.6. The number of rotatable bonds is 12. The minimum Gasteiger partial charge on any atom is -0.493 e. The fourth-order valence-electron chi connectivity index (χ4n) is 3.63. The van der Waals surface area contributed by atoms with E-state index in [-0.39, 0.29) is 5.92 Å². The van der Waals surface area contributed by atoms with Gasteiger partial charge in [-0.05, 0) is 48.9 Å². The Kier molecular flexibility index (Phi) is 8.44. The minimum absolute atomic E-state index is 0.316. The third-order valence-corrected chi connectivity index (χ3v) is 6.18. The lowest BCUT2D eigenvalue weighted by Gasteiger charge is -2.19. The van der Waals surface area contributed by atoms with Gasteiger partial charge in [0.15, 0.2) is 0 Å². The van der Waals surface area contributed by atoms with Crippen LogP contribution < -0.4 is 4.74 Å². The maximum absolute atomic E-state index is 11.8. The maximum Gasteiger partial charge on any atom is 0.307 e. The Morgan fingerprint density at radius 1 is 1.31 bits per heavy atom. The van der Waals surface area contributed by atoms with E-state index in [1.807, 2.05) is 55.6 Å². The fourth-order valence-corrected chi connectivity index (χ4v) is 4.28. The number of carboxylic acids is 1. The standard InChI is InChI=1S/C24H28N2O5S/c1-3-5-18(15-25-29)20(24(27)28)14-17-7-9-19(10-8-17)30-12-11-21-16(2)31-23(26-21)22-6-4-13-32-22/h4,6-10,13,15,18,20,29H,3,5,11-12,14H2,1-2H3,(H,27,28). The molecule has 2 heterocycles. The van der Waals surface area contributed by atoms with Crippen LogP contribution in [0.15, 0.2) is 51.4 Å². The van der Waals surface area contributed by atoms with E-state index in [4.69, 9.17) is 14.4 Å². The molecule has 2 atom stereocenters. The van der Waals surface area contributed by atoms with Crippen molar-refractivity contribution < 1.29 is 24.3 Å². The van der Waals surface area contributed by atoms with Crippen molar-refractivity contribution in [2.45, 2.75) is 39.5 Å². The van der Waals surface area contributed by atoms with Crippen LogP contribution in [-0.4, -0.2) is 34.1 Å². The molecule has 8 heteroatoms. The largest absolute Gasteiger partial charge is 0.493 e. The molecule has 0 saturated carbocycles. The van der Waals surface area contributed by atoms with Crippen molar-refractivity contribution in [2.75, 3.05) is 6.61 Å². The molecule has 2 N–H and O–H groups in total. The van der Waals surface area contributed by atoms with E-state index in [1.165, 1.54) is 6.21 Å². The zero-order chi connectivity index (χ0) is 22.9. The van der Waals surface area contributed by atoms with Crippen molar-refractivity contribution in [2.24, 2.45) is 17.0 Å². The molecule has 0 aliphatic heterocycles. The second kappa shape index (κ2) is 11.5. The Balaban J connectivity index is 1.56.